The minimum absolute atomic E-state index is 0.0637. The van der Waals surface area contributed by atoms with Crippen LogP contribution in [0.2, 0.25) is 5.02 Å². The van der Waals surface area contributed by atoms with Gasteiger partial charge in [0, 0.05) is 28.7 Å². The SMILES string of the molecule is O=C(c1ccc2ccccc2n1)N1CCCC1c1ccnc(-c2cccc(Cl)c2)n1. The molecule has 1 amide bonds. The lowest BCUT2D eigenvalue weighted by atomic mass is 10.1. The average Bonchev–Trinajstić information content (AvgIpc) is 3.28. The first-order valence-corrected chi connectivity index (χ1v) is 10.3. The number of amides is 1. The van der Waals surface area contributed by atoms with Crippen LogP contribution in [0, 0.1) is 0 Å². The van der Waals surface area contributed by atoms with Crippen molar-refractivity contribution in [3.63, 3.8) is 0 Å². The van der Waals surface area contributed by atoms with Crippen LogP contribution in [-0.4, -0.2) is 32.3 Å². The molecule has 5 nitrogen and oxygen atoms in total. The van der Waals surface area contributed by atoms with Crippen LogP contribution in [0.3, 0.4) is 0 Å². The van der Waals surface area contributed by atoms with E-state index in [1.54, 1.807) is 12.3 Å². The number of nitrogens with zero attached hydrogens (tertiary/aromatic N) is 4. The normalized spacial score (nSPS) is 16.2. The summed E-state index contributed by atoms with van der Waals surface area (Å²) in [7, 11) is 0. The second-order valence-corrected chi connectivity index (χ2v) is 7.80. The van der Waals surface area contributed by atoms with Gasteiger partial charge in [-0.2, -0.15) is 0 Å². The highest BCUT2D eigenvalue weighted by Crippen LogP contribution is 2.33. The van der Waals surface area contributed by atoms with Crippen molar-refractivity contribution in [3.8, 4) is 11.4 Å². The summed E-state index contributed by atoms with van der Waals surface area (Å²) in [6, 6.07) is 20.8. The van der Waals surface area contributed by atoms with E-state index in [2.05, 4.69) is 9.97 Å². The standard InChI is InChI=1S/C24H19ClN4O/c25-18-7-3-6-17(15-18)23-26-13-12-20(28-23)22-9-4-14-29(22)24(30)21-11-10-16-5-1-2-8-19(16)27-21/h1-3,5-8,10-13,15,22H,4,9,14H2. The monoisotopic (exact) mass is 414 g/mol. The number of halogens is 1. The third-order valence-electron chi connectivity index (χ3n) is 5.43. The first kappa shape index (κ1) is 18.7. The van der Waals surface area contributed by atoms with Gasteiger partial charge in [-0.15, -0.1) is 0 Å². The molecule has 0 N–H and O–H groups in total. The van der Waals surface area contributed by atoms with E-state index < -0.39 is 0 Å². The van der Waals surface area contributed by atoms with Gasteiger partial charge in [-0.1, -0.05) is 48.0 Å². The predicted octanol–water partition coefficient (Wildman–Crippen LogP) is 5.32. The highest BCUT2D eigenvalue weighted by molar-refractivity contribution is 6.30. The summed E-state index contributed by atoms with van der Waals surface area (Å²) in [5.74, 6) is 0.546. The van der Waals surface area contributed by atoms with Crippen LogP contribution in [0.25, 0.3) is 22.3 Å². The van der Waals surface area contributed by atoms with Crippen molar-refractivity contribution in [2.45, 2.75) is 18.9 Å². The number of carbonyl (C=O) groups is 1. The maximum atomic E-state index is 13.3. The summed E-state index contributed by atoms with van der Waals surface area (Å²) in [5.41, 5.74) is 2.98. The third-order valence-corrected chi connectivity index (χ3v) is 5.67. The highest BCUT2D eigenvalue weighted by Gasteiger charge is 2.32. The van der Waals surface area contributed by atoms with E-state index in [0.717, 1.165) is 35.0 Å². The Labute approximate surface area is 179 Å². The van der Waals surface area contributed by atoms with Gasteiger partial charge in [0.15, 0.2) is 5.82 Å². The van der Waals surface area contributed by atoms with E-state index in [9.17, 15) is 4.79 Å². The zero-order chi connectivity index (χ0) is 20.5. The molecule has 0 aliphatic carbocycles. The van der Waals surface area contributed by atoms with Crippen molar-refractivity contribution >= 4 is 28.4 Å². The van der Waals surface area contributed by atoms with Crippen molar-refractivity contribution in [1.82, 2.24) is 19.9 Å². The number of hydrogen-bond acceptors (Lipinski definition) is 4. The third kappa shape index (κ3) is 3.53. The molecule has 0 spiro atoms. The first-order chi connectivity index (χ1) is 14.7. The Hall–Kier alpha value is -3.31. The highest BCUT2D eigenvalue weighted by atomic mass is 35.5. The lowest BCUT2D eigenvalue weighted by Gasteiger charge is -2.24. The number of pyridine rings is 1. The fourth-order valence-electron chi connectivity index (χ4n) is 3.97. The number of carbonyl (C=O) groups excluding carboxylic acids is 1. The summed E-state index contributed by atoms with van der Waals surface area (Å²) in [6.07, 6.45) is 3.54. The molecule has 1 unspecified atom stereocenters. The number of likely N-dealkylation sites (tertiary alicyclic amines) is 1. The van der Waals surface area contributed by atoms with Crippen LogP contribution in [0.4, 0.5) is 0 Å². The van der Waals surface area contributed by atoms with E-state index >= 15 is 0 Å². The molecule has 148 valence electrons. The van der Waals surface area contributed by atoms with E-state index in [-0.39, 0.29) is 11.9 Å². The minimum Gasteiger partial charge on any atom is -0.329 e. The molecule has 1 atom stereocenters. The summed E-state index contributed by atoms with van der Waals surface area (Å²) in [4.78, 5) is 28.9. The van der Waals surface area contributed by atoms with Crippen molar-refractivity contribution in [1.29, 1.82) is 0 Å². The van der Waals surface area contributed by atoms with Crippen molar-refractivity contribution in [2.75, 3.05) is 6.54 Å². The number of fused-ring (bicyclic) bond motifs is 1. The fourth-order valence-corrected chi connectivity index (χ4v) is 4.16. The van der Waals surface area contributed by atoms with Gasteiger partial charge in [0.25, 0.3) is 5.91 Å². The number of hydrogen-bond donors (Lipinski definition) is 0. The number of aromatic nitrogens is 3. The molecule has 2 aromatic carbocycles. The van der Waals surface area contributed by atoms with E-state index in [4.69, 9.17) is 16.6 Å². The molecule has 3 heterocycles. The smallest absolute Gasteiger partial charge is 0.273 e. The second kappa shape index (κ2) is 7.84. The van der Waals surface area contributed by atoms with E-state index in [1.807, 2.05) is 65.6 Å². The van der Waals surface area contributed by atoms with Crippen LogP contribution >= 0.6 is 11.6 Å². The summed E-state index contributed by atoms with van der Waals surface area (Å²) >= 11 is 6.12. The van der Waals surface area contributed by atoms with Gasteiger partial charge in [0.05, 0.1) is 17.3 Å². The zero-order valence-electron chi connectivity index (χ0n) is 16.2. The van der Waals surface area contributed by atoms with Gasteiger partial charge >= 0.3 is 0 Å². The molecule has 4 aromatic rings. The Bertz CT molecular complexity index is 1240. The molecule has 0 bridgehead atoms. The van der Waals surface area contributed by atoms with Crippen LogP contribution < -0.4 is 0 Å². The van der Waals surface area contributed by atoms with E-state index in [0.29, 0.717) is 23.1 Å². The largest absolute Gasteiger partial charge is 0.329 e. The number of para-hydroxylation sites is 1. The van der Waals surface area contributed by atoms with Gasteiger partial charge in [-0.05, 0) is 43.2 Å². The Morgan fingerprint density at radius 3 is 2.80 bits per heavy atom. The molecule has 0 saturated carbocycles. The molecule has 0 radical (unpaired) electrons. The van der Waals surface area contributed by atoms with Gasteiger partial charge in [-0.3, -0.25) is 4.79 Å². The van der Waals surface area contributed by atoms with Crippen LogP contribution in [-0.2, 0) is 0 Å². The molecule has 1 fully saturated rings. The minimum atomic E-state index is -0.0910. The Morgan fingerprint density at radius 1 is 1.00 bits per heavy atom. The topological polar surface area (TPSA) is 59.0 Å². The molecular formula is C24H19ClN4O. The van der Waals surface area contributed by atoms with Crippen molar-refractivity contribution < 1.29 is 4.79 Å². The molecule has 2 aromatic heterocycles. The molecule has 6 heteroatoms. The lowest BCUT2D eigenvalue weighted by molar-refractivity contribution is 0.0727. The van der Waals surface area contributed by atoms with Crippen LogP contribution in [0.1, 0.15) is 35.1 Å². The van der Waals surface area contributed by atoms with E-state index in [1.165, 1.54) is 0 Å². The Kier molecular flexibility index (Phi) is 4.89. The molecule has 1 aliphatic heterocycles. The molecule has 5 rings (SSSR count). The average molecular weight is 415 g/mol. The number of benzene rings is 2. The zero-order valence-corrected chi connectivity index (χ0v) is 17.0. The summed E-state index contributed by atoms with van der Waals surface area (Å²) in [6.45, 7) is 0.689. The maximum absolute atomic E-state index is 13.3. The summed E-state index contributed by atoms with van der Waals surface area (Å²) < 4.78 is 0. The Morgan fingerprint density at radius 2 is 1.90 bits per heavy atom. The van der Waals surface area contributed by atoms with Crippen LogP contribution in [0.5, 0.6) is 0 Å². The molecule has 30 heavy (non-hydrogen) atoms. The molecular weight excluding hydrogens is 396 g/mol. The van der Waals surface area contributed by atoms with Gasteiger partial charge in [-0.25, -0.2) is 15.0 Å². The van der Waals surface area contributed by atoms with Gasteiger partial charge < -0.3 is 4.90 Å². The fraction of sp³-hybridized carbons (Fsp3) is 0.167. The predicted molar refractivity (Wildman–Crippen MR) is 117 cm³/mol. The number of rotatable bonds is 3. The second-order valence-electron chi connectivity index (χ2n) is 7.36. The first-order valence-electron chi connectivity index (χ1n) is 9.95. The van der Waals surface area contributed by atoms with Crippen molar-refractivity contribution in [3.05, 3.63) is 89.3 Å². The summed E-state index contributed by atoms with van der Waals surface area (Å²) in [5, 5.41) is 1.66. The quantitative estimate of drug-likeness (QED) is 0.455. The van der Waals surface area contributed by atoms with Gasteiger partial charge in [0.1, 0.15) is 5.69 Å². The van der Waals surface area contributed by atoms with Crippen molar-refractivity contribution in [2.24, 2.45) is 0 Å². The van der Waals surface area contributed by atoms with Crippen LogP contribution in [0.15, 0.2) is 72.9 Å². The molecule has 1 saturated heterocycles. The lowest BCUT2D eigenvalue weighted by Crippen LogP contribution is -2.31. The van der Waals surface area contributed by atoms with Gasteiger partial charge in [0.2, 0.25) is 0 Å². The maximum Gasteiger partial charge on any atom is 0.273 e. The molecule has 1 aliphatic rings. The Balaban J connectivity index is 1.46.